The third-order valence-corrected chi connectivity index (χ3v) is 2.72. The Morgan fingerprint density at radius 2 is 2.25 bits per heavy atom. The van der Waals surface area contributed by atoms with E-state index in [1.165, 1.54) is 0 Å². The lowest BCUT2D eigenvalue weighted by atomic mass is 10.1. The van der Waals surface area contributed by atoms with Crippen molar-refractivity contribution in [2.45, 2.75) is 6.54 Å². The summed E-state index contributed by atoms with van der Waals surface area (Å²) >= 11 is 5.51. The summed E-state index contributed by atoms with van der Waals surface area (Å²) in [6.45, 7) is 0.401. The average Bonchev–Trinajstić information content (AvgIpc) is 2.03. The summed E-state index contributed by atoms with van der Waals surface area (Å²) < 4.78 is 1.90. The van der Waals surface area contributed by atoms with Gasteiger partial charge in [-0.15, -0.1) is 0 Å². The third kappa shape index (κ3) is 1.97. The van der Waals surface area contributed by atoms with Gasteiger partial charge in [0.05, 0.1) is 5.56 Å². The fourth-order valence-corrected chi connectivity index (χ4v) is 2.62. The molecule has 2 nitrogen and oxygen atoms in total. The van der Waals surface area contributed by atoms with Crippen LogP contribution in [0.2, 0.25) is 0 Å². The average molecular weight is 337 g/mol. The maximum Gasteiger partial charge on any atom is 0.101 e. The smallest absolute Gasteiger partial charge is 0.101 e. The highest BCUT2D eigenvalue weighted by atomic mass is 127. The van der Waals surface area contributed by atoms with Gasteiger partial charge in [-0.3, -0.25) is 0 Å². The normalized spacial score (nSPS) is 9.50. The summed E-state index contributed by atoms with van der Waals surface area (Å²) in [7, 11) is 0. The van der Waals surface area contributed by atoms with Crippen molar-refractivity contribution >= 4 is 38.5 Å². The first-order chi connectivity index (χ1) is 5.69. The third-order valence-electron chi connectivity index (χ3n) is 1.47. The highest BCUT2D eigenvalue weighted by Gasteiger charge is 2.05. The second kappa shape index (κ2) is 4.21. The van der Waals surface area contributed by atoms with E-state index in [0.29, 0.717) is 12.1 Å². The van der Waals surface area contributed by atoms with E-state index in [0.717, 1.165) is 13.6 Å². The number of hydrogen-bond acceptors (Lipinski definition) is 2. The number of halogens is 2. The molecule has 0 saturated carbocycles. The Morgan fingerprint density at radius 1 is 1.58 bits per heavy atom. The lowest BCUT2D eigenvalue weighted by Gasteiger charge is -2.03. The van der Waals surface area contributed by atoms with Crippen LogP contribution in [0.5, 0.6) is 0 Å². The predicted molar refractivity (Wildman–Crippen MR) is 59.5 cm³/mol. The molecule has 0 bridgehead atoms. The van der Waals surface area contributed by atoms with Crippen molar-refractivity contribution in [3.8, 4) is 6.07 Å². The monoisotopic (exact) mass is 336 g/mol. The lowest BCUT2D eigenvalue weighted by Crippen LogP contribution is -2.00. The molecule has 4 heteroatoms. The first-order valence-electron chi connectivity index (χ1n) is 3.27. The van der Waals surface area contributed by atoms with Crippen molar-refractivity contribution in [1.29, 1.82) is 5.26 Å². The zero-order chi connectivity index (χ0) is 9.14. The van der Waals surface area contributed by atoms with Crippen LogP contribution in [0.15, 0.2) is 16.6 Å². The number of hydrogen-bond donors (Lipinski definition) is 1. The molecule has 0 saturated heterocycles. The van der Waals surface area contributed by atoms with Crippen molar-refractivity contribution in [3.05, 3.63) is 31.3 Å². The number of nitrogens with two attached hydrogens (primary N) is 1. The molecule has 2 N–H and O–H groups in total. The maximum absolute atomic E-state index is 8.78. The van der Waals surface area contributed by atoms with E-state index in [9.17, 15) is 0 Å². The van der Waals surface area contributed by atoms with Crippen molar-refractivity contribution in [2.75, 3.05) is 0 Å². The molecule has 0 fully saturated rings. The lowest BCUT2D eigenvalue weighted by molar-refractivity contribution is 1.06. The standard InChI is InChI=1S/C8H6BrIN2/c9-8-2-6(10)1-5(3-11)7(8)4-12/h1-2H,3,11H2. The minimum atomic E-state index is 0.401. The SMILES string of the molecule is N#Cc1c(Br)cc(I)cc1CN. The number of rotatable bonds is 1. The van der Waals surface area contributed by atoms with Gasteiger partial charge in [0.15, 0.2) is 0 Å². The van der Waals surface area contributed by atoms with E-state index >= 15 is 0 Å². The molecule has 0 heterocycles. The van der Waals surface area contributed by atoms with E-state index in [1.807, 2.05) is 12.1 Å². The molecular formula is C8H6BrIN2. The molecule has 12 heavy (non-hydrogen) atoms. The van der Waals surface area contributed by atoms with Gasteiger partial charge in [-0.25, -0.2) is 0 Å². The Hall–Kier alpha value is -0.120. The van der Waals surface area contributed by atoms with Crippen LogP contribution in [0, 0.1) is 14.9 Å². The summed E-state index contributed by atoms with van der Waals surface area (Å²) in [4.78, 5) is 0. The molecule has 0 spiro atoms. The zero-order valence-electron chi connectivity index (χ0n) is 6.14. The van der Waals surface area contributed by atoms with E-state index in [1.54, 1.807) is 0 Å². The van der Waals surface area contributed by atoms with Crippen LogP contribution >= 0.6 is 38.5 Å². The van der Waals surface area contributed by atoms with Crippen molar-refractivity contribution in [2.24, 2.45) is 5.73 Å². The molecule has 1 rings (SSSR count). The van der Waals surface area contributed by atoms with Gasteiger partial charge in [-0.2, -0.15) is 5.26 Å². The summed E-state index contributed by atoms with van der Waals surface area (Å²) in [5, 5.41) is 8.78. The number of benzene rings is 1. The molecule has 1 aromatic carbocycles. The van der Waals surface area contributed by atoms with E-state index < -0.39 is 0 Å². The van der Waals surface area contributed by atoms with Crippen molar-refractivity contribution < 1.29 is 0 Å². The Labute approximate surface area is 93.0 Å². The minimum absolute atomic E-state index is 0.401. The van der Waals surface area contributed by atoms with Gasteiger partial charge in [0.25, 0.3) is 0 Å². The molecule has 0 aliphatic heterocycles. The van der Waals surface area contributed by atoms with Crippen molar-refractivity contribution in [3.63, 3.8) is 0 Å². The van der Waals surface area contributed by atoms with E-state index in [4.69, 9.17) is 11.0 Å². The van der Waals surface area contributed by atoms with E-state index in [2.05, 4.69) is 44.6 Å². The zero-order valence-corrected chi connectivity index (χ0v) is 9.89. The Kier molecular flexibility index (Phi) is 3.50. The van der Waals surface area contributed by atoms with Gasteiger partial charge in [0.1, 0.15) is 6.07 Å². The second-order valence-electron chi connectivity index (χ2n) is 2.24. The highest BCUT2D eigenvalue weighted by Crippen LogP contribution is 2.22. The van der Waals surface area contributed by atoms with Crippen molar-refractivity contribution in [1.82, 2.24) is 0 Å². The number of nitriles is 1. The van der Waals surface area contributed by atoms with Gasteiger partial charge in [0.2, 0.25) is 0 Å². The maximum atomic E-state index is 8.78. The molecular weight excluding hydrogens is 331 g/mol. The fraction of sp³-hybridized carbons (Fsp3) is 0.125. The second-order valence-corrected chi connectivity index (χ2v) is 4.34. The molecule has 0 aliphatic rings. The van der Waals surface area contributed by atoms with Crippen LogP contribution in [-0.4, -0.2) is 0 Å². The molecule has 0 atom stereocenters. The minimum Gasteiger partial charge on any atom is -0.326 e. The Bertz CT molecular complexity index is 344. The predicted octanol–water partition coefficient (Wildman–Crippen LogP) is 2.38. The van der Waals surface area contributed by atoms with Gasteiger partial charge in [0, 0.05) is 14.6 Å². The van der Waals surface area contributed by atoms with Crippen LogP contribution in [-0.2, 0) is 6.54 Å². The summed E-state index contributed by atoms with van der Waals surface area (Å²) in [5.41, 5.74) is 7.01. The summed E-state index contributed by atoms with van der Waals surface area (Å²) in [6, 6.07) is 5.93. The van der Waals surface area contributed by atoms with Gasteiger partial charge < -0.3 is 5.73 Å². The largest absolute Gasteiger partial charge is 0.326 e. The molecule has 0 unspecified atom stereocenters. The van der Waals surface area contributed by atoms with Gasteiger partial charge in [-0.05, 0) is 56.2 Å². The Balaban J connectivity index is 3.36. The molecule has 0 radical (unpaired) electrons. The Morgan fingerprint density at radius 3 is 2.75 bits per heavy atom. The van der Waals surface area contributed by atoms with E-state index in [-0.39, 0.29) is 0 Å². The summed E-state index contributed by atoms with van der Waals surface area (Å²) in [5.74, 6) is 0. The van der Waals surface area contributed by atoms with Crippen LogP contribution in [0.4, 0.5) is 0 Å². The molecule has 0 aliphatic carbocycles. The molecule has 0 amide bonds. The van der Waals surface area contributed by atoms with Gasteiger partial charge >= 0.3 is 0 Å². The quantitative estimate of drug-likeness (QED) is 0.800. The first kappa shape index (κ1) is 9.96. The first-order valence-corrected chi connectivity index (χ1v) is 5.14. The number of nitrogens with zero attached hydrogens (tertiary/aromatic N) is 1. The molecule has 62 valence electrons. The van der Waals surface area contributed by atoms with Crippen LogP contribution in [0.1, 0.15) is 11.1 Å². The topological polar surface area (TPSA) is 49.8 Å². The van der Waals surface area contributed by atoms with Gasteiger partial charge in [-0.1, -0.05) is 0 Å². The van der Waals surface area contributed by atoms with Crippen LogP contribution < -0.4 is 5.73 Å². The molecule has 0 aromatic heterocycles. The highest BCUT2D eigenvalue weighted by molar-refractivity contribution is 14.1. The van der Waals surface area contributed by atoms with Crippen LogP contribution in [0.25, 0.3) is 0 Å². The summed E-state index contributed by atoms with van der Waals surface area (Å²) in [6.07, 6.45) is 0. The van der Waals surface area contributed by atoms with Crippen LogP contribution in [0.3, 0.4) is 0 Å². The molecule has 1 aromatic rings. The fourth-order valence-electron chi connectivity index (χ4n) is 0.913.